The topological polar surface area (TPSA) is 44.1 Å². The first-order valence-corrected chi connectivity index (χ1v) is 6.35. The highest BCUT2D eigenvalue weighted by molar-refractivity contribution is 5.99. The van der Waals surface area contributed by atoms with Crippen LogP contribution in [0.2, 0.25) is 0 Å². The van der Waals surface area contributed by atoms with Crippen LogP contribution >= 0.6 is 0 Å². The van der Waals surface area contributed by atoms with Crippen molar-refractivity contribution in [3.8, 4) is 6.07 Å². The van der Waals surface area contributed by atoms with E-state index < -0.39 is 23.6 Å². The summed E-state index contributed by atoms with van der Waals surface area (Å²) in [4.78, 5) is 13.6. The Morgan fingerprint density at radius 3 is 2.57 bits per heavy atom. The summed E-state index contributed by atoms with van der Waals surface area (Å²) < 4.78 is 27.2. The van der Waals surface area contributed by atoms with Crippen molar-refractivity contribution in [1.29, 1.82) is 5.26 Å². The zero-order chi connectivity index (χ0) is 15.0. The fourth-order valence-corrected chi connectivity index (χ4v) is 2.55. The molecular weight excluding hydrogens is 274 g/mol. The number of carbonyl (C=O) groups excluding carboxylic acids is 1. The highest BCUT2D eigenvalue weighted by atomic mass is 19.1. The van der Waals surface area contributed by atoms with Gasteiger partial charge in [-0.1, -0.05) is 30.3 Å². The number of fused-ring (bicyclic) bond motifs is 1. The minimum atomic E-state index is -0.974. The van der Waals surface area contributed by atoms with Gasteiger partial charge in [0.25, 0.3) is 5.91 Å². The molecule has 1 aliphatic rings. The van der Waals surface area contributed by atoms with Crippen molar-refractivity contribution >= 4 is 5.91 Å². The Morgan fingerprint density at radius 2 is 1.90 bits per heavy atom. The average Bonchev–Trinajstić information content (AvgIpc) is 2.72. The number of halogens is 2. The summed E-state index contributed by atoms with van der Waals surface area (Å²) in [6.07, 6.45) is 0. The lowest BCUT2D eigenvalue weighted by atomic mass is 10.0. The van der Waals surface area contributed by atoms with Crippen LogP contribution in [-0.2, 0) is 6.54 Å². The van der Waals surface area contributed by atoms with Crippen molar-refractivity contribution in [3.63, 3.8) is 0 Å². The summed E-state index contributed by atoms with van der Waals surface area (Å²) in [6, 6.07) is 11.8. The van der Waals surface area contributed by atoms with E-state index in [0.29, 0.717) is 6.07 Å². The lowest BCUT2D eigenvalue weighted by Crippen LogP contribution is -2.27. The molecule has 0 saturated heterocycles. The maximum atomic E-state index is 13.8. The second-order valence-corrected chi connectivity index (χ2v) is 4.80. The van der Waals surface area contributed by atoms with E-state index in [1.807, 2.05) is 36.4 Å². The molecule has 3 nitrogen and oxygen atoms in total. The highest BCUT2D eigenvalue weighted by Crippen LogP contribution is 2.36. The molecule has 0 fully saturated rings. The first-order chi connectivity index (χ1) is 10.1. The summed E-state index contributed by atoms with van der Waals surface area (Å²) in [5.41, 5.74) is 0.703. The monoisotopic (exact) mass is 284 g/mol. The normalized spacial score (nSPS) is 16.7. The van der Waals surface area contributed by atoms with Crippen LogP contribution in [0.1, 0.15) is 27.5 Å². The smallest absolute Gasteiger partial charge is 0.258 e. The van der Waals surface area contributed by atoms with Gasteiger partial charge in [0.1, 0.15) is 17.7 Å². The molecule has 0 spiro atoms. The Balaban J connectivity index is 2.03. The van der Waals surface area contributed by atoms with E-state index in [1.54, 1.807) is 0 Å². The molecule has 0 bridgehead atoms. The van der Waals surface area contributed by atoms with Crippen molar-refractivity contribution in [2.45, 2.75) is 12.6 Å². The number of hydrogen-bond acceptors (Lipinski definition) is 2. The van der Waals surface area contributed by atoms with E-state index in [4.69, 9.17) is 0 Å². The van der Waals surface area contributed by atoms with Gasteiger partial charge in [-0.15, -0.1) is 0 Å². The van der Waals surface area contributed by atoms with Crippen molar-refractivity contribution in [2.75, 3.05) is 0 Å². The first kappa shape index (κ1) is 13.3. The molecule has 0 aliphatic carbocycles. The molecule has 104 valence electrons. The quantitative estimate of drug-likeness (QED) is 0.850. The lowest BCUT2D eigenvalue weighted by Gasteiger charge is -2.20. The molecule has 0 N–H and O–H groups in total. The van der Waals surface area contributed by atoms with Gasteiger partial charge in [0.05, 0.1) is 11.6 Å². The van der Waals surface area contributed by atoms with Crippen molar-refractivity contribution in [1.82, 2.24) is 4.90 Å². The fourth-order valence-electron chi connectivity index (χ4n) is 2.55. The van der Waals surface area contributed by atoms with Gasteiger partial charge in [0, 0.05) is 18.2 Å². The predicted octanol–water partition coefficient (Wildman–Crippen LogP) is 3.19. The van der Waals surface area contributed by atoms with Gasteiger partial charge < -0.3 is 4.90 Å². The molecule has 1 unspecified atom stereocenters. The van der Waals surface area contributed by atoms with Gasteiger partial charge in [-0.2, -0.15) is 5.26 Å². The van der Waals surface area contributed by atoms with Crippen molar-refractivity contribution in [3.05, 3.63) is 70.8 Å². The first-order valence-electron chi connectivity index (χ1n) is 6.35. The molecule has 2 aromatic rings. The Labute approximate surface area is 120 Å². The summed E-state index contributed by atoms with van der Waals surface area (Å²) in [5, 5.41) is 9.27. The minimum absolute atomic E-state index is 0.0935. The van der Waals surface area contributed by atoms with E-state index in [-0.39, 0.29) is 17.7 Å². The fraction of sp³-hybridized carbons (Fsp3) is 0.125. The molecule has 1 heterocycles. The molecule has 0 saturated carbocycles. The van der Waals surface area contributed by atoms with Gasteiger partial charge in [-0.3, -0.25) is 4.79 Å². The Bertz CT molecular complexity index is 753. The van der Waals surface area contributed by atoms with E-state index >= 15 is 0 Å². The summed E-state index contributed by atoms with van der Waals surface area (Å²) >= 11 is 0. The Hall–Kier alpha value is -2.74. The van der Waals surface area contributed by atoms with Crippen LogP contribution in [0.15, 0.2) is 42.5 Å². The van der Waals surface area contributed by atoms with Crippen LogP contribution in [-0.4, -0.2) is 10.8 Å². The second kappa shape index (κ2) is 4.98. The molecule has 3 rings (SSSR count). The molecule has 2 aromatic carbocycles. The number of nitriles is 1. The van der Waals surface area contributed by atoms with Crippen LogP contribution in [0.5, 0.6) is 0 Å². The largest absolute Gasteiger partial charge is 0.314 e. The van der Waals surface area contributed by atoms with Gasteiger partial charge in [0.2, 0.25) is 0 Å². The Kier molecular flexibility index (Phi) is 3.15. The number of benzene rings is 2. The maximum absolute atomic E-state index is 13.8. The summed E-state index contributed by atoms with van der Waals surface area (Å²) in [5.74, 6) is -2.30. The molecule has 1 atom stereocenters. The molecule has 1 aliphatic heterocycles. The SMILES string of the molecule is N#CC1c2cc(F)cc(F)c2C(=O)N1Cc1ccccc1. The maximum Gasteiger partial charge on any atom is 0.258 e. The number of carbonyl (C=O) groups is 1. The van der Waals surface area contributed by atoms with Gasteiger partial charge in [-0.25, -0.2) is 8.78 Å². The van der Waals surface area contributed by atoms with E-state index in [2.05, 4.69) is 0 Å². The molecule has 5 heteroatoms. The zero-order valence-corrected chi connectivity index (χ0v) is 10.9. The highest BCUT2D eigenvalue weighted by Gasteiger charge is 2.39. The van der Waals surface area contributed by atoms with Crippen molar-refractivity contribution in [2.24, 2.45) is 0 Å². The van der Waals surface area contributed by atoms with Crippen LogP contribution in [0.4, 0.5) is 8.78 Å². The summed E-state index contributed by atoms with van der Waals surface area (Å²) in [7, 11) is 0. The van der Waals surface area contributed by atoms with Crippen molar-refractivity contribution < 1.29 is 13.6 Å². The van der Waals surface area contributed by atoms with Gasteiger partial charge >= 0.3 is 0 Å². The molecule has 21 heavy (non-hydrogen) atoms. The van der Waals surface area contributed by atoms with Crippen LogP contribution < -0.4 is 0 Å². The molecule has 0 aromatic heterocycles. The molecule has 1 amide bonds. The Morgan fingerprint density at radius 1 is 1.19 bits per heavy atom. The summed E-state index contributed by atoms with van der Waals surface area (Å²) in [6.45, 7) is 0.174. The third kappa shape index (κ3) is 2.15. The molecule has 0 radical (unpaired) electrons. The number of nitrogens with zero attached hydrogens (tertiary/aromatic N) is 2. The third-order valence-electron chi connectivity index (χ3n) is 3.48. The van der Waals surface area contributed by atoms with Crippen LogP contribution in [0.3, 0.4) is 0 Å². The number of amides is 1. The van der Waals surface area contributed by atoms with E-state index in [9.17, 15) is 18.8 Å². The number of rotatable bonds is 2. The average molecular weight is 284 g/mol. The third-order valence-corrected chi connectivity index (χ3v) is 3.48. The standard InChI is InChI=1S/C16H10F2N2O/c17-11-6-12-14(8-19)20(9-10-4-2-1-3-5-10)16(21)15(12)13(18)7-11/h1-7,14H,9H2. The van der Waals surface area contributed by atoms with Gasteiger partial charge in [0.15, 0.2) is 0 Å². The van der Waals surface area contributed by atoms with Crippen LogP contribution in [0.25, 0.3) is 0 Å². The van der Waals surface area contributed by atoms with E-state index in [0.717, 1.165) is 11.6 Å². The predicted molar refractivity (Wildman–Crippen MR) is 71.0 cm³/mol. The van der Waals surface area contributed by atoms with Gasteiger partial charge in [-0.05, 0) is 11.6 Å². The van der Waals surface area contributed by atoms with E-state index in [1.165, 1.54) is 4.90 Å². The zero-order valence-electron chi connectivity index (χ0n) is 10.9. The molecular formula is C16H10F2N2O. The second-order valence-electron chi connectivity index (χ2n) is 4.80. The lowest BCUT2D eigenvalue weighted by molar-refractivity contribution is 0.0741. The number of hydrogen-bond donors (Lipinski definition) is 0. The minimum Gasteiger partial charge on any atom is -0.314 e. The van der Waals surface area contributed by atoms with Crippen LogP contribution in [0, 0.1) is 23.0 Å².